The summed E-state index contributed by atoms with van der Waals surface area (Å²) in [5.41, 5.74) is 5.44. The Bertz CT molecular complexity index is 916. The molecule has 3 heteroatoms. The molecule has 4 rings (SSSR count). The minimum Gasteiger partial charge on any atom is -0.360 e. The van der Waals surface area contributed by atoms with Gasteiger partial charge in [0.1, 0.15) is 0 Å². The van der Waals surface area contributed by atoms with E-state index in [1.807, 2.05) is 0 Å². The zero-order chi connectivity index (χ0) is 20.4. The van der Waals surface area contributed by atoms with Gasteiger partial charge in [-0.1, -0.05) is 91.9 Å². The van der Waals surface area contributed by atoms with Crippen LogP contribution in [0.5, 0.6) is 0 Å². The van der Waals surface area contributed by atoms with Gasteiger partial charge in [0.15, 0.2) is 0 Å². The molecule has 0 saturated heterocycles. The van der Waals surface area contributed by atoms with Gasteiger partial charge in [0.25, 0.3) is 0 Å². The zero-order valence-electron chi connectivity index (χ0n) is 18.0. The first-order valence-corrected chi connectivity index (χ1v) is 12.8. The SMILES string of the molecule is C[CH](C)[Al]([CH](C)C)[CH]1c2ccccc2N(c2ccccc2)CN1c1ccccc1. The lowest BCUT2D eigenvalue weighted by molar-refractivity contribution is 0.694. The number of anilines is 3. The van der Waals surface area contributed by atoms with E-state index < -0.39 is 14.1 Å². The Morgan fingerprint density at radius 2 is 1.21 bits per heavy atom. The molecule has 0 radical (unpaired) electrons. The number of benzene rings is 3. The summed E-state index contributed by atoms with van der Waals surface area (Å²) < 4.78 is 1.48. The Morgan fingerprint density at radius 3 is 1.79 bits per heavy atom. The van der Waals surface area contributed by atoms with Crippen molar-refractivity contribution in [1.82, 2.24) is 0 Å². The Kier molecular flexibility index (Phi) is 5.99. The van der Waals surface area contributed by atoms with Gasteiger partial charge in [-0.15, -0.1) is 0 Å². The Labute approximate surface area is 180 Å². The minimum atomic E-state index is -1.15. The molecule has 1 atom stereocenters. The molecule has 148 valence electrons. The van der Waals surface area contributed by atoms with Crippen LogP contribution in [0.4, 0.5) is 17.1 Å². The molecule has 0 aromatic heterocycles. The van der Waals surface area contributed by atoms with Crippen LogP contribution in [0, 0.1) is 0 Å². The molecule has 29 heavy (non-hydrogen) atoms. The molecule has 1 aliphatic rings. The van der Waals surface area contributed by atoms with Gasteiger partial charge in [0.05, 0.1) is 6.67 Å². The fourth-order valence-electron chi connectivity index (χ4n) is 5.07. The molecule has 0 spiro atoms. The number of nitrogens with zero attached hydrogens (tertiary/aromatic N) is 2. The quantitative estimate of drug-likeness (QED) is 0.419. The molecular weight excluding hydrogens is 367 g/mol. The van der Waals surface area contributed by atoms with Crippen molar-refractivity contribution in [2.24, 2.45) is 0 Å². The summed E-state index contributed by atoms with van der Waals surface area (Å²) in [5.74, 6) is 0. The summed E-state index contributed by atoms with van der Waals surface area (Å²) in [4.78, 5) is 5.64. The van der Waals surface area contributed by atoms with E-state index in [1.54, 1.807) is 0 Å². The van der Waals surface area contributed by atoms with Gasteiger partial charge in [-0.05, 0) is 35.9 Å². The second-order valence-corrected chi connectivity index (χ2v) is 13.2. The lowest BCUT2D eigenvalue weighted by Gasteiger charge is -2.48. The molecule has 3 aromatic carbocycles. The predicted molar refractivity (Wildman–Crippen MR) is 128 cm³/mol. The first kappa shape index (κ1) is 20.1. The molecule has 0 aliphatic carbocycles. The third-order valence-corrected chi connectivity index (χ3v) is 10.8. The van der Waals surface area contributed by atoms with E-state index in [0.717, 1.165) is 16.2 Å². The average Bonchev–Trinajstić information content (AvgIpc) is 2.74. The maximum atomic E-state index is 2.67. The molecule has 0 fully saturated rings. The van der Waals surface area contributed by atoms with Gasteiger partial charge in [-0.25, -0.2) is 0 Å². The Morgan fingerprint density at radius 1 is 0.690 bits per heavy atom. The second-order valence-electron chi connectivity index (χ2n) is 8.78. The standard InChI is InChI=1S/C20H17N2.2C3H7.Al/c1-3-10-18(11-4-1)21-15-17-9-7-8-14-20(17)22(16-21)19-12-5-2-6-13-19;2*1-3-2;/h1-15H,16H2;2*3H,1-2H3;. The molecule has 0 saturated carbocycles. The summed E-state index contributed by atoms with van der Waals surface area (Å²) >= 11 is -1.15. The molecule has 3 aromatic rings. The normalized spacial score (nSPS) is 16.3. The van der Waals surface area contributed by atoms with Crippen molar-refractivity contribution in [3.05, 3.63) is 90.5 Å². The van der Waals surface area contributed by atoms with Gasteiger partial charge in [-0.2, -0.15) is 0 Å². The molecule has 0 amide bonds. The van der Waals surface area contributed by atoms with Crippen LogP contribution in [0.15, 0.2) is 84.9 Å². The molecule has 1 heterocycles. The van der Waals surface area contributed by atoms with Gasteiger partial charge in [-0.3, -0.25) is 0 Å². The summed E-state index contributed by atoms with van der Waals surface area (Å²) in [6, 6.07) is 30.9. The number of hydrogen-bond donors (Lipinski definition) is 0. The lowest BCUT2D eigenvalue weighted by atomic mass is 10.1. The van der Waals surface area contributed by atoms with E-state index in [2.05, 4.69) is 122 Å². The van der Waals surface area contributed by atoms with Crippen LogP contribution in [0.1, 0.15) is 38.2 Å². The monoisotopic (exact) mass is 398 g/mol. The van der Waals surface area contributed by atoms with Crippen molar-refractivity contribution in [1.29, 1.82) is 0 Å². The molecule has 0 N–H and O–H groups in total. The molecule has 2 nitrogen and oxygen atoms in total. The first-order chi connectivity index (χ1) is 14.1. The Hall–Kier alpha value is -2.21. The van der Waals surface area contributed by atoms with Gasteiger partial charge < -0.3 is 9.80 Å². The third-order valence-electron chi connectivity index (χ3n) is 6.24. The van der Waals surface area contributed by atoms with E-state index in [0.29, 0.717) is 4.90 Å². The number of rotatable bonds is 5. The Balaban J connectivity index is 1.90. The lowest BCUT2D eigenvalue weighted by Crippen LogP contribution is -2.50. The van der Waals surface area contributed by atoms with Gasteiger partial charge in [0, 0.05) is 22.0 Å². The number of para-hydroxylation sites is 3. The maximum Gasteiger partial charge on any atom is 0.308 e. The highest BCUT2D eigenvalue weighted by molar-refractivity contribution is 6.64. The number of fused-ring (bicyclic) bond motifs is 1. The van der Waals surface area contributed by atoms with Crippen LogP contribution in [0.2, 0.25) is 9.56 Å². The van der Waals surface area contributed by atoms with Crippen molar-refractivity contribution in [3.8, 4) is 0 Å². The van der Waals surface area contributed by atoms with Crippen LogP contribution < -0.4 is 9.80 Å². The maximum absolute atomic E-state index is 2.67. The van der Waals surface area contributed by atoms with E-state index in [1.165, 1.54) is 22.6 Å². The van der Waals surface area contributed by atoms with Crippen LogP contribution in [-0.2, 0) is 0 Å². The van der Waals surface area contributed by atoms with Crippen molar-refractivity contribution in [2.45, 2.75) is 42.2 Å². The van der Waals surface area contributed by atoms with Crippen molar-refractivity contribution >= 4 is 31.2 Å². The fraction of sp³-hybridized carbons (Fsp3) is 0.308. The predicted octanol–water partition coefficient (Wildman–Crippen LogP) is 7.20. The van der Waals surface area contributed by atoms with Crippen molar-refractivity contribution < 1.29 is 0 Å². The zero-order valence-corrected chi connectivity index (χ0v) is 19.1. The molecular formula is C26H31AlN2. The highest BCUT2D eigenvalue weighted by Gasteiger charge is 2.43. The molecule has 0 bridgehead atoms. The summed E-state index contributed by atoms with van der Waals surface area (Å²) in [6.45, 7) is 10.6. The van der Waals surface area contributed by atoms with E-state index in [4.69, 9.17) is 0 Å². The summed E-state index contributed by atoms with van der Waals surface area (Å²) in [5, 5.41) is 0. The topological polar surface area (TPSA) is 6.48 Å². The fourth-order valence-corrected chi connectivity index (χ4v) is 9.45. The largest absolute Gasteiger partial charge is 0.360 e. The van der Waals surface area contributed by atoms with E-state index in [-0.39, 0.29) is 0 Å². The summed E-state index contributed by atoms with van der Waals surface area (Å²) in [7, 11) is 0. The molecule has 1 aliphatic heterocycles. The first-order valence-electron chi connectivity index (χ1n) is 10.8. The van der Waals surface area contributed by atoms with E-state index >= 15 is 0 Å². The van der Waals surface area contributed by atoms with E-state index in [9.17, 15) is 0 Å². The van der Waals surface area contributed by atoms with Gasteiger partial charge >= 0.3 is 14.1 Å². The summed E-state index contributed by atoms with van der Waals surface area (Å²) in [6.07, 6.45) is 0. The molecule has 1 unspecified atom stereocenters. The second kappa shape index (κ2) is 8.66. The highest BCUT2D eigenvalue weighted by atomic mass is 27.2. The number of hydrogen-bond acceptors (Lipinski definition) is 2. The third kappa shape index (κ3) is 3.95. The van der Waals surface area contributed by atoms with Crippen LogP contribution in [0.3, 0.4) is 0 Å². The van der Waals surface area contributed by atoms with Crippen LogP contribution in [-0.4, -0.2) is 20.8 Å². The average molecular weight is 399 g/mol. The minimum absolute atomic E-state index is 0.494. The van der Waals surface area contributed by atoms with Crippen LogP contribution >= 0.6 is 0 Å². The van der Waals surface area contributed by atoms with Crippen molar-refractivity contribution in [2.75, 3.05) is 16.5 Å². The van der Waals surface area contributed by atoms with Crippen molar-refractivity contribution in [3.63, 3.8) is 0 Å². The highest BCUT2D eigenvalue weighted by Crippen LogP contribution is 2.46. The van der Waals surface area contributed by atoms with Crippen LogP contribution in [0.25, 0.3) is 0 Å². The smallest absolute Gasteiger partial charge is 0.308 e. The van der Waals surface area contributed by atoms with Gasteiger partial charge in [0.2, 0.25) is 0 Å².